The number of hydrogen-bond acceptors (Lipinski definition) is 2. The van der Waals surface area contributed by atoms with Gasteiger partial charge < -0.3 is 5.73 Å². The average Bonchev–Trinajstić information content (AvgIpc) is 2.34. The summed E-state index contributed by atoms with van der Waals surface area (Å²) >= 11 is 0. The topological polar surface area (TPSA) is 43.1 Å². The quantitative estimate of drug-likeness (QED) is 0.698. The van der Waals surface area contributed by atoms with Gasteiger partial charge in [-0.1, -0.05) is 34.6 Å². The molecule has 98 valence electrons. The molecule has 0 saturated heterocycles. The third-order valence-corrected chi connectivity index (χ3v) is 4.89. The maximum Gasteiger partial charge on any atom is 0.178 e. The molecule has 0 bridgehead atoms. The Morgan fingerprint density at radius 2 is 1.82 bits per heavy atom. The van der Waals surface area contributed by atoms with Crippen LogP contribution in [0.3, 0.4) is 0 Å². The van der Waals surface area contributed by atoms with Gasteiger partial charge in [-0.3, -0.25) is 4.79 Å². The number of Topliss-reactive ketones (excluding diaryl/α,β-unsaturated/α-hetero) is 1. The highest BCUT2D eigenvalue weighted by atomic mass is 16.1. The van der Waals surface area contributed by atoms with Crippen LogP contribution in [0.1, 0.15) is 60.3 Å². The maximum absolute atomic E-state index is 11.6. The van der Waals surface area contributed by atoms with Gasteiger partial charge in [-0.2, -0.15) is 0 Å². The number of hydrogen-bond donors (Lipinski definition) is 1. The predicted molar refractivity (Wildman–Crippen MR) is 72.5 cm³/mol. The molecule has 0 aromatic carbocycles. The standard InChI is InChI=1S/C13H21NO.C2H6/c1-8-4-5-10-12(14)11(15)6-7-13(10,3)9(8)2;1-2/h8-9H,4-7,14H2,1-3H3;1-2H3. The number of allylic oxidation sites excluding steroid dienone is 2. The van der Waals surface area contributed by atoms with Crippen LogP contribution in [-0.4, -0.2) is 5.78 Å². The summed E-state index contributed by atoms with van der Waals surface area (Å²) in [6, 6.07) is 0. The Balaban J connectivity index is 0.000000686. The van der Waals surface area contributed by atoms with Crippen LogP contribution in [0.5, 0.6) is 0 Å². The molecule has 0 radical (unpaired) electrons. The minimum atomic E-state index is 0.171. The number of carbonyl (C=O) groups is 1. The van der Waals surface area contributed by atoms with Crippen molar-refractivity contribution in [3.05, 3.63) is 11.3 Å². The van der Waals surface area contributed by atoms with Crippen molar-refractivity contribution in [2.75, 3.05) is 0 Å². The first-order chi connectivity index (χ1) is 7.97. The molecule has 0 aliphatic heterocycles. The first-order valence-corrected chi connectivity index (χ1v) is 6.99. The van der Waals surface area contributed by atoms with Crippen LogP contribution < -0.4 is 5.73 Å². The van der Waals surface area contributed by atoms with Crippen molar-refractivity contribution in [2.24, 2.45) is 23.0 Å². The minimum absolute atomic E-state index is 0.171. The number of rotatable bonds is 0. The lowest BCUT2D eigenvalue weighted by atomic mass is 9.57. The molecule has 0 spiro atoms. The Morgan fingerprint density at radius 1 is 1.24 bits per heavy atom. The first kappa shape index (κ1) is 14.3. The molecule has 3 unspecified atom stereocenters. The van der Waals surface area contributed by atoms with Gasteiger partial charge >= 0.3 is 0 Å². The molecule has 2 heteroatoms. The second-order valence-corrected chi connectivity index (χ2v) is 5.54. The molecule has 2 rings (SSSR count). The van der Waals surface area contributed by atoms with Crippen molar-refractivity contribution < 1.29 is 4.79 Å². The highest BCUT2D eigenvalue weighted by molar-refractivity contribution is 5.96. The molecular formula is C15H27NO. The summed E-state index contributed by atoms with van der Waals surface area (Å²) in [4.78, 5) is 11.6. The van der Waals surface area contributed by atoms with Crippen molar-refractivity contribution in [3.63, 3.8) is 0 Å². The summed E-state index contributed by atoms with van der Waals surface area (Å²) < 4.78 is 0. The van der Waals surface area contributed by atoms with E-state index in [0.29, 0.717) is 18.0 Å². The zero-order valence-electron chi connectivity index (χ0n) is 12.0. The summed E-state index contributed by atoms with van der Waals surface area (Å²) in [5, 5.41) is 0. The third-order valence-electron chi connectivity index (χ3n) is 4.89. The normalized spacial score (nSPS) is 37.1. The van der Waals surface area contributed by atoms with Crippen LogP contribution >= 0.6 is 0 Å². The summed E-state index contributed by atoms with van der Waals surface area (Å²) in [6.45, 7) is 10.9. The minimum Gasteiger partial charge on any atom is -0.396 e. The number of carbonyl (C=O) groups excluding carboxylic acids is 1. The second-order valence-electron chi connectivity index (χ2n) is 5.54. The zero-order chi connectivity index (χ0) is 13.2. The van der Waals surface area contributed by atoms with E-state index >= 15 is 0 Å². The largest absolute Gasteiger partial charge is 0.396 e. The van der Waals surface area contributed by atoms with Crippen LogP contribution in [0, 0.1) is 17.3 Å². The van der Waals surface area contributed by atoms with Gasteiger partial charge in [0.05, 0.1) is 5.70 Å². The Kier molecular flexibility index (Phi) is 4.40. The Hall–Kier alpha value is -0.790. The van der Waals surface area contributed by atoms with Crippen LogP contribution in [0.15, 0.2) is 11.3 Å². The Labute approximate surface area is 106 Å². The lowest BCUT2D eigenvalue weighted by Gasteiger charge is -2.48. The third kappa shape index (κ3) is 2.27. The lowest BCUT2D eigenvalue weighted by molar-refractivity contribution is -0.117. The van der Waals surface area contributed by atoms with E-state index in [4.69, 9.17) is 5.73 Å². The van der Waals surface area contributed by atoms with Crippen molar-refractivity contribution in [3.8, 4) is 0 Å². The number of ketones is 1. The maximum atomic E-state index is 11.6. The van der Waals surface area contributed by atoms with Gasteiger partial charge in [0.2, 0.25) is 0 Å². The molecular weight excluding hydrogens is 210 g/mol. The van der Waals surface area contributed by atoms with E-state index in [1.54, 1.807) is 0 Å². The van der Waals surface area contributed by atoms with E-state index in [2.05, 4.69) is 20.8 Å². The van der Waals surface area contributed by atoms with Gasteiger partial charge in [-0.25, -0.2) is 0 Å². The van der Waals surface area contributed by atoms with Crippen molar-refractivity contribution in [1.29, 1.82) is 0 Å². The van der Waals surface area contributed by atoms with Gasteiger partial charge in [0, 0.05) is 6.42 Å². The summed E-state index contributed by atoms with van der Waals surface area (Å²) in [7, 11) is 0. The Bertz CT molecular complexity index is 332. The SMILES string of the molecule is CC.CC1CCC2=C(N)C(=O)CCC2(C)C1C. The highest BCUT2D eigenvalue weighted by Crippen LogP contribution is 2.52. The van der Waals surface area contributed by atoms with Gasteiger partial charge in [-0.05, 0) is 42.1 Å². The van der Waals surface area contributed by atoms with Crippen molar-refractivity contribution >= 4 is 5.78 Å². The monoisotopic (exact) mass is 237 g/mol. The summed E-state index contributed by atoms with van der Waals surface area (Å²) in [6.07, 6.45) is 3.84. The van der Waals surface area contributed by atoms with Crippen LogP contribution in [-0.2, 0) is 4.79 Å². The molecule has 3 atom stereocenters. The number of fused-ring (bicyclic) bond motifs is 1. The molecule has 2 nitrogen and oxygen atoms in total. The van der Waals surface area contributed by atoms with Crippen molar-refractivity contribution in [1.82, 2.24) is 0 Å². The zero-order valence-corrected chi connectivity index (χ0v) is 12.0. The van der Waals surface area contributed by atoms with Crippen molar-refractivity contribution in [2.45, 2.75) is 60.3 Å². The molecule has 2 aliphatic rings. The van der Waals surface area contributed by atoms with E-state index < -0.39 is 0 Å². The van der Waals surface area contributed by atoms with Crippen LogP contribution in [0.25, 0.3) is 0 Å². The predicted octanol–water partition coefficient (Wildman–Crippen LogP) is 3.66. The average molecular weight is 237 g/mol. The fourth-order valence-corrected chi connectivity index (χ4v) is 3.31. The van der Waals surface area contributed by atoms with Gasteiger partial charge in [0.15, 0.2) is 5.78 Å². The van der Waals surface area contributed by atoms with E-state index in [0.717, 1.165) is 18.8 Å². The molecule has 0 aromatic heterocycles. The molecule has 2 N–H and O–H groups in total. The fraction of sp³-hybridized carbons (Fsp3) is 0.800. The highest BCUT2D eigenvalue weighted by Gasteiger charge is 2.45. The molecule has 0 aromatic rings. The Morgan fingerprint density at radius 3 is 2.41 bits per heavy atom. The van der Waals surface area contributed by atoms with Gasteiger partial charge in [-0.15, -0.1) is 0 Å². The van der Waals surface area contributed by atoms with Gasteiger partial charge in [0.1, 0.15) is 0 Å². The first-order valence-electron chi connectivity index (χ1n) is 6.99. The van der Waals surface area contributed by atoms with E-state index in [1.165, 1.54) is 12.0 Å². The molecule has 17 heavy (non-hydrogen) atoms. The van der Waals surface area contributed by atoms with Gasteiger partial charge in [0.25, 0.3) is 0 Å². The van der Waals surface area contributed by atoms with E-state index in [9.17, 15) is 4.79 Å². The lowest BCUT2D eigenvalue weighted by Crippen LogP contribution is -2.42. The van der Waals surface area contributed by atoms with Crippen LogP contribution in [0.2, 0.25) is 0 Å². The van der Waals surface area contributed by atoms with Crippen LogP contribution in [0.4, 0.5) is 0 Å². The fourth-order valence-electron chi connectivity index (χ4n) is 3.31. The molecule has 1 fully saturated rings. The summed E-state index contributed by atoms with van der Waals surface area (Å²) in [5.41, 5.74) is 7.99. The molecule has 1 saturated carbocycles. The van der Waals surface area contributed by atoms with E-state index in [1.807, 2.05) is 13.8 Å². The smallest absolute Gasteiger partial charge is 0.178 e. The second kappa shape index (κ2) is 5.24. The molecule has 2 aliphatic carbocycles. The molecule has 0 amide bonds. The molecule has 0 heterocycles. The number of nitrogens with two attached hydrogens (primary N) is 1. The van der Waals surface area contributed by atoms with E-state index in [-0.39, 0.29) is 11.2 Å². The summed E-state index contributed by atoms with van der Waals surface area (Å²) in [5.74, 6) is 1.57.